The fourth-order valence-electron chi connectivity index (χ4n) is 3.51. The Morgan fingerprint density at radius 3 is 2.33 bits per heavy atom. The number of hydrogen-bond donors (Lipinski definition) is 1. The van der Waals surface area contributed by atoms with Crippen LogP contribution in [0.1, 0.15) is 33.6 Å². The van der Waals surface area contributed by atoms with Gasteiger partial charge in [0.05, 0.1) is 45.2 Å². The van der Waals surface area contributed by atoms with Crippen molar-refractivity contribution in [3.8, 4) is 0 Å². The molecule has 1 saturated heterocycles. The molecule has 0 aromatic heterocycles. The zero-order chi connectivity index (χ0) is 23.8. The summed E-state index contributed by atoms with van der Waals surface area (Å²) in [6.45, 7) is 2.45. The summed E-state index contributed by atoms with van der Waals surface area (Å²) in [5.74, 6) is -2.30. The standard InChI is InChI=1S/C21H25BrN2O8S/c22-6-7-30-8-9-31-10-11-32-12-13-33(29)16-3-1-2-14-18(16)21(28)24(20(14)27)15-4-5-17(25)23-19(15)26/h1-3,15H,4-13H2,(H,23,25,26). The number of alkyl halides is 1. The molecule has 180 valence electrons. The zero-order valence-electron chi connectivity index (χ0n) is 17.9. The quantitative estimate of drug-likeness (QED) is 0.165. The van der Waals surface area contributed by atoms with Crippen molar-refractivity contribution in [2.75, 3.05) is 50.7 Å². The number of piperidine rings is 1. The van der Waals surface area contributed by atoms with Gasteiger partial charge in [0.15, 0.2) is 4.90 Å². The molecule has 1 aromatic rings. The van der Waals surface area contributed by atoms with Gasteiger partial charge in [0.25, 0.3) is 11.8 Å². The Hall–Kier alpha value is -1.83. The Labute approximate surface area is 202 Å². The summed E-state index contributed by atoms with van der Waals surface area (Å²) in [4.78, 5) is 50.6. The molecule has 4 amide bonds. The third-order valence-electron chi connectivity index (χ3n) is 5.05. The maximum atomic E-state index is 13.0. The number of amides is 4. The van der Waals surface area contributed by atoms with E-state index in [0.29, 0.717) is 33.0 Å². The van der Waals surface area contributed by atoms with Gasteiger partial charge in [-0.05, 0) is 29.7 Å². The van der Waals surface area contributed by atoms with Gasteiger partial charge in [0.2, 0.25) is 11.8 Å². The minimum absolute atomic E-state index is 0.0352. The van der Waals surface area contributed by atoms with Gasteiger partial charge in [0.1, 0.15) is 17.4 Å². The minimum atomic E-state index is -1.59. The van der Waals surface area contributed by atoms with Crippen LogP contribution in [0.5, 0.6) is 0 Å². The fraction of sp³-hybridized carbons (Fsp3) is 0.524. The average Bonchev–Trinajstić information content (AvgIpc) is 3.05. The van der Waals surface area contributed by atoms with E-state index in [4.69, 9.17) is 14.2 Å². The van der Waals surface area contributed by atoms with Crippen molar-refractivity contribution in [3.63, 3.8) is 0 Å². The lowest BCUT2D eigenvalue weighted by Gasteiger charge is -2.27. The van der Waals surface area contributed by atoms with Crippen molar-refractivity contribution < 1.29 is 37.9 Å². The fourth-order valence-corrected chi connectivity index (χ4v) is 4.89. The third-order valence-corrected chi connectivity index (χ3v) is 6.75. The second-order valence-electron chi connectivity index (χ2n) is 7.20. The molecule has 2 heterocycles. The molecule has 10 nitrogen and oxygen atoms in total. The molecule has 2 aliphatic heterocycles. The highest BCUT2D eigenvalue weighted by molar-refractivity contribution is 9.09. The molecule has 2 atom stereocenters. The average molecular weight is 545 g/mol. The maximum absolute atomic E-state index is 13.0. The van der Waals surface area contributed by atoms with Crippen molar-refractivity contribution in [1.29, 1.82) is 0 Å². The second kappa shape index (κ2) is 12.6. The van der Waals surface area contributed by atoms with Crippen molar-refractivity contribution in [3.05, 3.63) is 29.3 Å². The summed E-state index contributed by atoms with van der Waals surface area (Å²) >= 11 is 1.67. The van der Waals surface area contributed by atoms with Crippen LogP contribution in [0.3, 0.4) is 0 Å². The third kappa shape index (κ3) is 6.40. The van der Waals surface area contributed by atoms with E-state index in [9.17, 15) is 23.7 Å². The van der Waals surface area contributed by atoms with Crippen LogP contribution in [0.15, 0.2) is 23.1 Å². The van der Waals surface area contributed by atoms with E-state index >= 15 is 0 Å². The number of ether oxygens (including phenoxy) is 3. The highest BCUT2D eigenvalue weighted by atomic mass is 79.9. The van der Waals surface area contributed by atoms with Gasteiger partial charge in [-0.25, -0.2) is 0 Å². The van der Waals surface area contributed by atoms with Gasteiger partial charge in [-0.2, -0.15) is 0 Å². The predicted molar refractivity (Wildman–Crippen MR) is 121 cm³/mol. The number of halogens is 1. The van der Waals surface area contributed by atoms with E-state index in [2.05, 4.69) is 21.2 Å². The van der Waals surface area contributed by atoms with E-state index in [1.165, 1.54) is 12.1 Å². The summed E-state index contributed by atoms with van der Waals surface area (Å²) in [5, 5.41) is 2.92. The summed E-state index contributed by atoms with van der Waals surface area (Å²) in [6, 6.07) is 3.49. The van der Waals surface area contributed by atoms with Gasteiger partial charge in [-0.3, -0.25) is 29.4 Å². The van der Waals surface area contributed by atoms with E-state index in [0.717, 1.165) is 10.2 Å². The number of carbonyl (C=O) groups excluding carboxylic acids is 4. The van der Waals surface area contributed by atoms with Gasteiger partial charge >= 0.3 is 0 Å². The Morgan fingerprint density at radius 1 is 1.00 bits per heavy atom. The van der Waals surface area contributed by atoms with Crippen LogP contribution in [0.2, 0.25) is 0 Å². The number of imide groups is 2. The van der Waals surface area contributed by atoms with Crippen LogP contribution >= 0.6 is 15.9 Å². The molecule has 0 bridgehead atoms. The first-order chi connectivity index (χ1) is 16.0. The van der Waals surface area contributed by atoms with Gasteiger partial charge in [-0.15, -0.1) is 0 Å². The molecule has 2 unspecified atom stereocenters. The number of carbonyl (C=O) groups is 4. The zero-order valence-corrected chi connectivity index (χ0v) is 20.3. The number of nitrogens with zero attached hydrogens (tertiary/aromatic N) is 1. The SMILES string of the molecule is O=C1CCC(N2C(=O)c3cccc([S+]([O-])CCOCCOCCOCCBr)c3C2=O)C(=O)N1. The Bertz CT molecular complexity index is 899. The Morgan fingerprint density at radius 2 is 1.67 bits per heavy atom. The smallest absolute Gasteiger partial charge is 0.267 e. The van der Waals surface area contributed by atoms with E-state index < -0.39 is 40.8 Å². The van der Waals surface area contributed by atoms with Gasteiger partial charge < -0.3 is 18.8 Å². The van der Waals surface area contributed by atoms with Gasteiger partial charge in [0, 0.05) is 11.8 Å². The molecular formula is C21H25BrN2O8S. The topological polar surface area (TPSA) is 134 Å². The van der Waals surface area contributed by atoms with E-state index in [1.54, 1.807) is 6.07 Å². The van der Waals surface area contributed by atoms with Crippen molar-refractivity contribution >= 4 is 50.7 Å². The van der Waals surface area contributed by atoms with Crippen molar-refractivity contribution in [2.24, 2.45) is 0 Å². The summed E-state index contributed by atoms with van der Waals surface area (Å²) in [6.07, 6.45) is 0.0978. The molecule has 12 heteroatoms. The summed E-state index contributed by atoms with van der Waals surface area (Å²) < 4.78 is 28.9. The predicted octanol–water partition coefficient (Wildman–Crippen LogP) is 0.640. The molecule has 0 spiro atoms. The van der Waals surface area contributed by atoms with E-state index in [-0.39, 0.29) is 41.2 Å². The summed E-state index contributed by atoms with van der Waals surface area (Å²) in [7, 11) is 0. The number of benzene rings is 1. The monoisotopic (exact) mass is 544 g/mol. The van der Waals surface area contributed by atoms with Crippen molar-refractivity contribution in [2.45, 2.75) is 23.8 Å². The van der Waals surface area contributed by atoms with Crippen molar-refractivity contribution in [1.82, 2.24) is 10.2 Å². The molecule has 0 aliphatic carbocycles. The van der Waals surface area contributed by atoms with Crippen LogP contribution < -0.4 is 5.32 Å². The van der Waals surface area contributed by atoms with E-state index in [1.807, 2.05) is 0 Å². The molecule has 0 saturated carbocycles. The van der Waals surface area contributed by atoms with Crippen LogP contribution in [-0.2, 0) is 35.0 Å². The lowest BCUT2D eigenvalue weighted by Crippen LogP contribution is -2.54. The van der Waals surface area contributed by atoms with Crippen LogP contribution in [0, 0.1) is 0 Å². The first kappa shape index (κ1) is 25.8. The highest BCUT2D eigenvalue weighted by Crippen LogP contribution is 2.32. The maximum Gasteiger partial charge on any atom is 0.267 e. The molecule has 1 aromatic carbocycles. The highest BCUT2D eigenvalue weighted by Gasteiger charge is 2.47. The number of rotatable bonds is 13. The molecular weight excluding hydrogens is 520 g/mol. The molecule has 33 heavy (non-hydrogen) atoms. The van der Waals surface area contributed by atoms with Crippen LogP contribution in [-0.4, -0.2) is 89.8 Å². The number of nitrogens with one attached hydrogen (secondary N) is 1. The first-order valence-electron chi connectivity index (χ1n) is 10.5. The molecule has 3 rings (SSSR count). The summed E-state index contributed by atoms with van der Waals surface area (Å²) in [5.41, 5.74) is 0.143. The number of fused-ring (bicyclic) bond motifs is 1. The van der Waals surface area contributed by atoms with Crippen LogP contribution in [0.4, 0.5) is 0 Å². The number of hydrogen-bond acceptors (Lipinski definition) is 8. The molecule has 1 N–H and O–H groups in total. The van der Waals surface area contributed by atoms with Gasteiger partial charge in [-0.1, -0.05) is 22.0 Å². The Kier molecular flexibility index (Phi) is 9.83. The normalized spacial score (nSPS) is 19.1. The lowest BCUT2D eigenvalue weighted by molar-refractivity contribution is -0.136. The first-order valence-corrected chi connectivity index (χ1v) is 12.9. The molecule has 0 radical (unpaired) electrons. The molecule has 2 aliphatic rings. The largest absolute Gasteiger partial charge is 0.611 e. The Balaban J connectivity index is 1.53. The molecule has 1 fully saturated rings. The minimum Gasteiger partial charge on any atom is -0.611 e. The second-order valence-corrected chi connectivity index (χ2v) is 9.53. The lowest BCUT2D eigenvalue weighted by atomic mass is 10.0. The van der Waals surface area contributed by atoms with Crippen LogP contribution in [0.25, 0.3) is 0 Å².